The molecule has 1 N–H and O–H groups in total. The van der Waals surface area contributed by atoms with Gasteiger partial charge in [0, 0.05) is 26.2 Å². The number of para-hydroxylation sites is 1. The molecule has 0 bridgehead atoms. The fourth-order valence-electron chi connectivity index (χ4n) is 2.85. The van der Waals surface area contributed by atoms with E-state index >= 15 is 0 Å². The number of amides is 1. The number of nitrogens with one attached hydrogen (secondary N) is 1. The van der Waals surface area contributed by atoms with Gasteiger partial charge in [-0.25, -0.2) is 9.78 Å². The molecule has 1 saturated heterocycles. The molecule has 2 aromatic rings. The maximum Gasteiger partial charge on any atom is 0.410 e. The van der Waals surface area contributed by atoms with Crippen molar-refractivity contribution in [1.29, 1.82) is 0 Å². The first-order valence-electron chi connectivity index (χ1n) is 8.02. The van der Waals surface area contributed by atoms with Gasteiger partial charge in [-0.1, -0.05) is 6.07 Å². The summed E-state index contributed by atoms with van der Waals surface area (Å²) in [5.74, 6) is 0.917. The van der Waals surface area contributed by atoms with Gasteiger partial charge in [0.15, 0.2) is 0 Å². The minimum absolute atomic E-state index is 0.231. The highest BCUT2D eigenvalue weighted by molar-refractivity contribution is 5.89. The molecule has 1 aliphatic heterocycles. The molecule has 3 rings (SSSR count). The zero-order valence-electron chi connectivity index (χ0n) is 14.2. The van der Waals surface area contributed by atoms with Crippen LogP contribution in [0.4, 0.5) is 10.5 Å². The molecule has 1 amide bonds. The van der Waals surface area contributed by atoms with Crippen molar-refractivity contribution in [2.45, 2.75) is 33.3 Å². The van der Waals surface area contributed by atoms with E-state index in [9.17, 15) is 4.79 Å². The molecule has 0 unspecified atom stereocenters. The van der Waals surface area contributed by atoms with Gasteiger partial charge in [0.2, 0.25) is 0 Å². The number of anilines is 1. The number of hydrogen-bond acceptors (Lipinski definition) is 4. The average molecular weight is 316 g/mol. The number of H-pyrrole nitrogens is 1. The fraction of sp³-hybridized carbons (Fsp3) is 0.529. The third-order valence-electron chi connectivity index (χ3n) is 3.88. The third-order valence-corrected chi connectivity index (χ3v) is 3.88. The smallest absolute Gasteiger partial charge is 0.410 e. The van der Waals surface area contributed by atoms with Crippen molar-refractivity contribution in [3.63, 3.8) is 0 Å². The molecular formula is C17H24N4O2. The van der Waals surface area contributed by atoms with Crippen LogP contribution in [0.1, 0.15) is 26.6 Å². The molecule has 0 atom stereocenters. The topological polar surface area (TPSA) is 61.5 Å². The van der Waals surface area contributed by atoms with Crippen molar-refractivity contribution in [2.24, 2.45) is 0 Å². The standard InChI is InChI=1S/C17H24N4O2/c1-12-18-13-6-5-7-14(15(13)19-12)20-8-10-21(11-9-20)16(22)23-17(2,3)4/h5-7H,8-11H2,1-4H3,(H,18,19). The zero-order valence-corrected chi connectivity index (χ0v) is 14.2. The summed E-state index contributed by atoms with van der Waals surface area (Å²) in [6, 6.07) is 6.16. The lowest BCUT2D eigenvalue weighted by Gasteiger charge is -2.36. The van der Waals surface area contributed by atoms with E-state index in [2.05, 4.69) is 20.9 Å². The number of hydrogen-bond donors (Lipinski definition) is 1. The summed E-state index contributed by atoms with van der Waals surface area (Å²) in [6.45, 7) is 10.5. The molecular weight excluding hydrogens is 292 g/mol. The van der Waals surface area contributed by atoms with Gasteiger partial charge in [0.1, 0.15) is 16.9 Å². The summed E-state index contributed by atoms with van der Waals surface area (Å²) in [6.07, 6.45) is -0.231. The summed E-state index contributed by atoms with van der Waals surface area (Å²) >= 11 is 0. The SMILES string of the molecule is Cc1nc2c(N3CCN(C(=O)OC(C)(C)C)CC3)cccc2[nH]1. The Labute approximate surface area is 136 Å². The van der Waals surface area contributed by atoms with Crippen LogP contribution in [0.5, 0.6) is 0 Å². The van der Waals surface area contributed by atoms with Crippen molar-refractivity contribution < 1.29 is 9.53 Å². The predicted molar refractivity (Wildman–Crippen MR) is 90.9 cm³/mol. The van der Waals surface area contributed by atoms with Crippen LogP contribution in [-0.4, -0.2) is 52.7 Å². The van der Waals surface area contributed by atoms with Crippen LogP contribution in [0.2, 0.25) is 0 Å². The minimum atomic E-state index is -0.452. The van der Waals surface area contributed by atoms with E-state index < -0.39 is 5.60 Å². The highest BCUT2D eigenvalue weighted by Gasteiger charge is 2.26. The summed E-state index contributed by atoms with van der Waals surface area (Å²) in [4.78, 5) is 24.1. The number of nitrogens with zero attached hydrogens (tertiary/aromatic N) is 3. The van der Waals surface area contributed by atoms with E-state index in [0.717, 1.165) is 35.6 Å². The van der Waals surface area contributed by atoms with Crippen LogP contribution < -0.4 is 4.90 Å². The second-order valence-electron chi connectivity index (χ2n) is 6.95. The Hall–Kier alpha value is -2.24. The largest absolute Gasteiger partial charge is 0.444 e. The minimum Gasteiger partial charge on any atom is -0.444 e. The predicted octanol–water partition coefficient (Wildman–Crippen LogP) is 2.93. The number of piperazine rings is 1. The second-order valence-corrected chi connectivity index (χ2v) is 6.95. The van der Waals surface area contributed by atoms with Crippen LogP contribution in [0.3, 0.4) is 0 Å². The number of ether oxygens (including phenoxy) is 1. The Morgan fingerprint density at radius 3 is 2.57 bits per heavy atom. The van der Waals surface area contributed by atoms with E-state index in [-0.39, 0.29) is 6.09 Å². The third kappa shape index (κ3) is 3.41. The molecule has 1 fully saturated rings. The monoisotopic (exact) mass is 316 g/mol. The Morgan fingerprint density at radius 1 is 1.22 bits per heavy atom. The van der Waals surface area contributed by atoms with Crippen LogP contribution in [0.25, 0.3) is 11.0 Å². The highest BCUT2D eigenvalue weighted by atomic mass is 16.6. The number of carbonyl (C=O) groups excluding carboxylic acids is 1. The average Bonchev–Trinajstić information content (AvgIpc) is 2.85. The quantitative estimate of drug-likeness (QED) is 0.879. The molecule has 0 aliphatic carbocycles. The second kappa shape index (κ2) is 5.76. The number of imidazole rings is 1. The molecule has 0 radical (unpaired) electrons. The van der Waals surface area contributed by atoms with Gasteiger partial charge in [-0.3, -0.25) is 0 Å². The van der Waals surface area contributed by atoms with Crippen molar-refractivity contribution in [1.82, 2.24) is 14.9 Å². The van der Waals surface area contributed by atoms with Crippen LogP contribution >= 0.6 is 0 Å². The van der Waals surface area contributed by atoms with Crippen LogP contribution in [0.15, 0.2) is 18.2 Å². The number of aromatic nitrogens is 2. The molecule has 0 saturated carbocycles. The first-order valence-corrected chi connectivity index (χ1v) is 8.02. The Bertz CT molecular complexity index is 709. The van der Waals surface area contributed by atoms with Crippen LogP contribution in [-0.2, 0) is 4.74 Å². The lowest BCUT2D eigenvalue weighted by molar-refractivity contribution is 0.0241. The molecule has 6 nitrogen and oxygen atoms in total. The molecule has 6 heteroatoms. The first-order chi connectivity index (χ1) is 10.8. The first kappa shape index (κ1) is 15.6. The van der Waals surface area contributed by atoms with E-state index in [1.807, 2.05) is 39.8 Å². The summed E-state index contributed by atoms with van der Waals surface area (Å²) in [7, 11) is 0. The van der Waals surface area contributed by atoms with E-state index in [1.54, 1.807) is 4.90 Å². The van der Waals surface area contributed by atoms with E-state index in [0.29, 0.717) is 13.1 Å². The molecule has 1 aliphatic rings. The fourth-order valence-corrected chi connectivity index (χ4v) is 2.85. The van der Waals surface area contributed by atoms with Crippen LogP contribution in [0, 0.1) is 6.92 Å². The number of rotatable bonds is 1. The number of fused-ring (bicyclic) bond motifs is 1. The number of benzene rings is 1. The van der Waals surface area contributed by atoms with E-state index in [4.69, 9.17) is 4.74 Å². The molecule has 124 valence electrons. The van der Waals surface area contributed by atoms with Crippen molar-refractivity contribution in [3.05, 3.63) is 24.0 Å². The van der Waals surface area contributed by atoms with Crippen molar-refractivity contribution in [3.8, 4) is 0 Å². The number of aromatic amines is 1. The van der Waals surface area contributed by atoms with Gasteiger partial charge in [0.05, 0.1) is 11.2 Å². The summed E-state index contributed by atoms with van der Waals surface area (Å²) in [5, 5.41) is 0. The molecule has 1 aromatic carbocycles. The molecule has 1 aromatic heterocycles. The lowest BCUT2D eigenvalue weighted by Crippen LogP contribution is -2.50. The maximum absolute atomic E-state index is 12.1. The van der Waals surface area contributed by atoms with Gasteiger partial charge in [0.25, 0.3) is 0 Å². The van der Waals surface area contributed by atoms with E-state index in [1.165, 1.54) is 0 Å². The van der Waals surface area contributed by atoms with Gasteiger partial charge in [-0.2, -0.15) is 0 Å². The molecule has 2 heterocycles. The summed E-state index contributed by atoms with van der Waals surface area (Å²) in [5.41, 5.74) is 2.72. The molecule has 23 heavy (non-hydrogen) atoms. The Kier molecular flexibility index (Phi) is 3.92. The lowest BCUT2D eigenvalue weighted by atomic mass is 10.2. The normalized spacial score (nSPS) is 16.0. The zero-order chi connectivity index (χ0) is 16.6. The molecule has 0 spiro atoms. The Morgan fingerprint density at radius 2 is 1.91 bits per heavy atom. The van der Waals surface area contributed by atoms with Gasteiger partial charge < -0.3 is 19.5 Å². The summed E-state index contributed by atoms with van der Waals surface area (Å²) < 4.78 is 5.44. The van der Waals surface area contributed by atoms with Gasteiger partial charge >= 0.3 is 6.09 Å². The highest BCUT2D eigenvalue weighted by Crippen LogP contribution is 2.26. The number of aryl methyl sites for hydroxylation is 1. The Balaban J connectivity index is 1.70. The van der Waals surface area contributed by atoms with Gasteiger partial charge in [-0.05, 0) is 39.8 Å². The van der Waals surface area contributed by atoms with Gasteiger partial charge in [-0.15, -0.1) is 0 Å². The van der Waals surface area contributed by atoms with Crippen molar-refractivity contribution >= 4 is 22.8 Å². The van der Waals surface area contributed by atoms with Crippen molar-refractivity contribution in [2.75, 3.05) is 31.1 Å². The maximum atomic E-state index is 12.1. The number of carbonyl (C=O) groups is 1.